The number of H-pyrrole nitrogens is 1. The molecule has 1 amide bonds. The Balaban J connectivity index is 1.60. The molecule has 1 aliphatic rings. The highest BCUT2D eigenvalue weighted by Crippen LogP contribution is 2.24. The minimum absolute atomic E-state index is 0.285. The largest absolute Gasteiger partial charge is 0.445 e. The number of carbonyl (C=O) groups is 1. The number of halogens is 1. The van der Waals surface area contributed by atoms with Crippen LogP contribution in [-0.2, 0) is 24.3 Å². The monoisotopic (exact) mass is 335 g/mol. The molecule has 0 radical (unpaired) electrons. The van der Waals surface area contributed by atoms with Crippen molar-refractivity contribution in [3.05, 3.63) is 51.8 Å². The van der Waals surface area contributed by atoms with E-state index in [4.69, 9.17) is 4.74 Å². The first-order valence-electron chi connectivity index (χ1n) is 6.41. The molecule has 20 heavy (non-hydrogen) atoms. The fourth-order valence-electron chi connectivity index (χ4n) is 2.23. The van der Waals surface area contributed by atoms with Gasteiger partial charge in [0.15, 0.2) is 0 Å². The molecular formula is C14H14BrN3O2. The summed E-state index contributed by atoms with van der Waals surface area (Å²) in [4.78, 5) is 13.8. The highest BCUT2D eigenvalue weighted by atomic mass is 79.9. The van der Waals surface area contributed by atoms with Crippen LogP contribution in [0.4, 0.5) is 4.79 Å². The molecule has 0 saturated heterocycles. The van der Waals surface area contributed by atoms with E-state index in [-0.39, 0.29) is 6.09 Å². The molecule has 0 atom stereocenters. The van der Waals surface area contributed by atoms with E-state index in [9.17, 15) is 4.79 Å². The fourth-order valence-corrected chi connectivity index (χ4v) is 2.68. The molecule has 3 rings (SSSR count). The van der Waals surface area contributed by atoms with Crippen molar-refractivity contribution in [3.8, 4) is 0 Å². The molecule has 1 aromatic carbocycles. The highest BCUT2D eigenvalue weighted by molar-refractivity contribution is 9.10. The Hall–Kier alpha value is -1.82. The van der Waals surface area contributed by atoms with Crippen LogP contribution in [-0.4, -0.2) is 27.7 Å². The van der Waals surface area contributed by atoms with Crippen LogP contribution < -0.4 is 0 Å². The summed E-state index contributed by atoms with van der Waals surface area (Å²) in [6.07, 6.45) is 0.488. The van der Waals surface area contributed by atoms with Crippen molar-refractivity contribution < 1.29 is 9.53 Å². The number of hydrogen-bond acceptors (Lipinski definition) is 3. The maximum Gasteiger partial charge on any atom is 0.410 e. The fraction of sp³-hybridized carbons (Fsp3) is 0.286. The van der Waals surface area contributed by atoms with Gasteiger partial charge in [0.1, 0.15) is 11.2 Å². The first-order chi connectivity index (χ1) is 9.74. The molecule has 0 aliphatic carbocycles. The summed E-state index contributed by atoms with van der Waals surface area (Å²) in [6, 6.07) is 9.67. The van der Waals surface area contributed by atoms with E-state index in [2.05, 4.69) is 26.1 Å². The average molecular weight is 336 g/mol. The van der Waals surface area contributed by atoms with Gasteiger partial charge in [0.25, 0.3) is 0 Å². The highest BCUT2D eigenvalue weighted by Gasteiger charge is 2.25. The van der Waals surface area contributed by atoms with E-state index in [1.165, 1.54) is 0 Å². The second kappa shape index (κ2) is 5.66. The van der Waals surface area contributed by atoms with Crippen LogP contribution in [0.5, 0.6) is 0 Å². The summed E-state index contributed by atoms with van der Waals surface area (Å²) in [6.45, 7) is 1.48. The Morgan fingerprint density at radius 1 is 1.40 bits per heavy atom. The summed E-state index contributed by atoms with van der Waals surface area (Å²) >= 11 is 3.38. The van der Waals surface area contributed by atoms with Crippen molar-refractivity contribution in [1.82, 2.24) is 15.1 Å². The smallest absolute Gasteiger partial charge is 0.410 e. The first-order valence-corrected chi connectivity index (χ1v) is 7.20. The number of ether oxygens (including phenoxy) is 1. The van der Waals surface area contributed by atoms with Gasteiger partial charge in [-0.05, 0) is 21.5 Å². The number of nitrogens with zero attached hydrogens (tertiary/aromatic N) is 2. The molecular weight excluding hydrogens is 322 g/mol. The third kappa shape index (κ3) is 2.70. The van der Waals surface area contributed by atoms with Crippen LogP contribution in [0.3, 0.4) is 0 Å². The predicted molar refractivity (Wildman–Crippen MR) is 77.0 cm³/mol. The van der Waals surface area contributed by atoms with Crippen molar-refractivity contribution >= 4 is 22.0 Å². The molecule has 1 N–H and O–H groups in total. The molecule has 0 bridgehead atoms. The van der Waals surface area contributed by atoms with E-state index in [0.717, 1.165) is 27.8 Å². The topological polar surface area (TPSA) is 58.2 Å². The number of aromatic nitrogens is 2. The third-order valence-corrected chi connectivity index (χ3v) is 4.00. The molecule has 5 nitrogen and oxygen atoms in total. The van der Waals surface area contributed by atoms with Crippen molar-refractivity contribution in [2.24, 2.45) is 0 Å². The van der Waals surface area contributed by atoms with Gasteiger partial charge in [0, 0.05) is 24.2 Å². The lowest BCUT2D eigenvalue weighted by atomic mass is 10.1. The van der Waals surface area contributed by atoms with Gasteiger partial charge in [0.2, 0.25) is 0 Å². The van der Waals surface area contributed by atoms with Gasteiger partial charge < -0.3 is 9.64 Å². The zero-order valence-corrected chi connectivity index (χ0v) is 12.4. The number of aromatic amines is 1. The lowest BCUT2D eigenvalue weighted by Gasteiger charge is -2.26. The van der Waals surface area contributed by atoms with E-state index >= 15 is 0 Å². The number of fused-ring (bicyclic) bond motifs is 1. The molecule has 6 heteroatoms. The quantitative estimate of drug-likeness (QED) is 0.917. The van der Waals surface area contributed by atoms with Crippen LogP contribution in [0.25, 0.3) is 0 Å². The van der Waals surface area contributed by atoms with Crippen LogP contribution in [0, 0.1) is 0 Å². The number of nitrogens with one attached hydrogen (secondary N) is 1. The zero-order valence-electron chi connectivity index (χ0n) is 10.8. The maximum atomic E-state index is 12.1. The predicted octanol–water partition coefficient (Wildman–Crippen LogP) is 2.87. The number of rotatable bonds is 2. The maximum absolute atomic E-state index is 12.1. The van der Waals surface area contributed by atoms with Crippen molar-refractivity contribution in [2.45, 2.75) is 19.6 Å². The van der Waals surface area contributed by atoms with Crippen molar-refractivity contribution in [3.63, 3.8) is 0 Å². The zero-order chi connectivity index (χ0) is 13.9. The summed E-state index contributed by atoms with van der Waals surface area (Å²) in [5.41, 5.74) is 3.11. The number of amides is 1. The molecule has 0 fully saturated rings. The Labute approximate surface area is 125 Å². The number of carbonyl (C=O) groups excluding carboxylic acids is 1. The van der Waals surface area contributed by atoms with Gasteiger partial charge in [-0.15, -0.1) is 0 Å². The summed E-state index contributed by atoms with van der Waals surface area (Å²) in [5.74, 6) is 0. The van der Waals surface area contributed by atoms with Crippen molar-refractivity contribution in [2.75, 3.05) is 6.54 Å². The van der Waals surface area contributed by atoms with E-state index in [1.807, 2.05) is 30.3 Å². The number of hydrogen-bond donors (Lipinski definition) is 1. The Bertz CT molecular complexity index is 612. The van der Waals surface area contributed by atoms with Crippen molar-refractivity contribution in [1.29, 1.82) is 0 Å². The summed E-state index contributed by atoms with van der Waals surface area (Å²) in [7, 11) is 0. The van der Waals surface area contributed by atoms with E-state index < -0.39 is 0 Å². The third-order valence-electron chi connectivity index (χ3n) is 3.35. The number of benzene rings is 1. The molecule has 0 unspecified atom stereocenters. The molecule has 1 aromatic heterocycles. The Kier molecular flexibility index (Phi) is 3.73. The Morgan fingerprint density at radius 2 is 2.20 bits per heavy atom. The Morgan fingerprint density at radius 3 is 3.00 bits per heavy atom. The standard InChI is InChI=1S/C14H14BrN3O2/c15-13-11-8-18(7-6-12(11)16-17-13)14(19)20-9-10-4-2-1-3-5-10/h1-5H,6-9H2,(H,16,17). The van der Waals surface area contributed by atoms with E-state index in [1.54, 1.807) is 4.90 Å². The van der Waals surface area contributed by atoms with Gasteiger partial charge in [-0.2, -0.15) is 5.10 Å². The second-order valence-corrected chi connectivity index (χ2v) is 5.43. The lowest BCUT2D eigenvalue weighted by molar-refractivity contribution is 0.0917. The minimum Gasteiger partial charge on any atom is -0.445 e. The van der Waals surface area contributed by atoms with Gasteiger partial charge in [-0.1, -0.05) is 30.3 Å². The second-order valence-electron chi connectivity index (χ2n) is 4.68. The van der Waals surface area contributed by atoms with E-state index in [0.29, 0.717) is 19.7 Å². The lowest BCUT2D eigenvalue weighted by Crippen LogP contribution is -2.36. The minimum atomic E-state index is -0.285. The van der Waals surface area contributed by atoms with Gasteiger partial charge in [-0.3, -0.25) is 5.10 Å². The van der Waals surface area contributed by atoms with Crippen LogP contribution in [0.15, 0.2) is 34.9 Å². The summed E-state index contributed by atoms with van der Waals surface area (Å²) in [5, 5.41) is 7.07. The van der Waals surface area contributed by atoms with Crippen LogP contribution in [0.2, 0.25) is 0 Å². The first kappa shape index (κ1) is 13.2. The average Bonchev–Trinajstić information content (AvgIpc) is 2.87. The van der Waals surface area contributed by atoms with Crippen LogP contribution in [0.1, 0.15) is 16.8 Å². The van der Waals surface area contributed by atoms with Gasteiger partial charge in [0.05, 0.1) is 6.54 Å². The van der Waals surface area contributed by atoms with Crippen LogP contribution >= 0.6 is 15.9 Å². The summed E-state index contributed by atoms with van der Waals surface area (Å²) < 4.78 is 6.11. The normalized spacial score (nSPS) is 13.9. The molecule has 0 spiro atoms. The molecule has 2 aromatic rings. The van der Waals surface area contributed by atoms with Gasteiger partial charge in [-0.25, -0.2) is 4.79 Å². The molecule has 2 heterocycles. The molecule has 1 aliphatic heterocycles. The van der Waals surface area contributed by atoms with Gasteiger partial charge >= 0.3 is 6.09 Å². The molecule has 0 saturated carbocycles. The molecule has 104 valence electrons. The SMILES string of the molecule is O=C(OCc1ccccc1)N1CCc2[nH]nc(Br)c2C1.